The van der Waals surface area contributed by atoms with Gasteiger partial charge in [-0.15, -0.1) is 13.2 Å². The lowest BCUT2D eigenvalue weighted by molar-refractivity contribution is -0.276. The van der Waals surface area contributed by atoms with Crippen molar-refractivity contribution in [1.29, 1.82) is 0 Å². The van der Waals surface area contributed by atoms with Crippen LogP contribution in [-0.4, -0.2) is 6.36 Å². The summed E-state index contributed by atoms with van der Waals surface area (Å²) in [6, 6.07) is 5.82. The van der Waals surface area contributed by atoms with Crippen molar-refractivity contribution in [2.24, 2.45) is 0 Å². The second-order valence-electron chi connectivity index (χ2n) is 8.55. The Bertz CT molecular complexity index is 1550. The molecule has 4 aromatic rings. The van der Waals surface area contributed by atoms with E-state index in [2.05, 4.69) is 9.47 Å². The van der Waals surface area contributed by atoms with E-state index < -0.39 is 64.4 Å². The van der Waals surface area contributed by atoms with Crippen molar-refractivity contribution in [3.05, 3.63) is 94.6 Å². The first-order chi connectivity index (χ1) is 18.6. The van der Waals surface area contributed by atoms with Gasteiger partial charge < -0.3 is 9.47 Å². The number of alkyl halides is 5. The van der Waals surface area contributed by atoms with Crippen molar-refractivity contribution in [3.8, 4) is 22.6 Å². The van der Waals surface area contributed by atoms with Crippen molar-refractivity contribution in [2.45, 2.75) is 32.2 Å². The smallest absolute Gasteiger partial charge is 0.429 e. The minimum atomic E-state index is -5.51. The van der Waals surface area contributed by atoms with Crippen molar-refractivity contribution in [2.75, 3.05) is 0 Å². The minimum absolute atomic E-state index is 0.0629. The third-order valence-electron chi connectivity index (χ3n) is 5.72. The zero-order chi connectivity index (χ0) is 29.6. The first-order valence-corrected chi connectivity index (χ1v) is 11.3. The van der Waals surface area contributed by atoms with E-state index in [0.717, 1.165) is 6.07 Å². The fraction of sp³-hybridized carbons (Fsp3) is 0.185. The molecule has 0 aliphatic carbocycles. The Hall–Kier alpha value is -4.03. The molecule has 40 heavy (non-hydrogen) atoms. The van der Waals surface area contributed by atoms with Gasteiger partial charge in [-0.05, 0) is 52.8 Å². The summed E-state index contributed by atoms with van der Waals surface area (Å²) in [4.78, 5) is 0. The number of halogens is 11. The number of hydrogen-bond donors (Lipinski definition) is 0. The summed E-state index contributed by atoms with van der Waals surface area (Å²) in [5.41, 5.74) is -2.27. The van der Waals surface area contributed by atoms with Crippen LogP contribution in [0.25, 0.3) is 21.9 Å². The van der Waals surface area contributed by atoms with Crippen molar-refractivity contribution < 1.29 is 57.8 Å². The monoisotopic (exact) mass is 580 g/mol. The molecule has 0 amide bonds. The normalized spacial score (nSPS) is 12.2. The molecule has 4 aromatic carbocycles. The van der Waals surface area contributed by atoms with Gasteiger partial charge in [-0.25, -0.2) is 26.3 Å². The van der Waals surface area contributed by atoms with Crippen LogP contribution in [0.15, 0.2) is 48.5 Å². The Morgan fingerprint density at radius 3 is 1.80 bits per heavy atom. The molecule has 0 radical (unpaired) electrons. The molecule has 0 fully saturated rings. The third kappa shape index (κ3) is 5.77. The Balaban J connectivity index is 1.68. The van der Waals surface area contributed by atoms with Crippen LogP contribution in [-0.2, 0) is 12.5 Å². The van der Waals surface area contributed by atoms with Gasteiger partial charge in [0.2, 0.25) is 5.75 Å². The van der Waals surface area contributed by atoms with Crippen molar-refractivity contribution >= 4 is 10.8 Å². The number of ether oxygens (including phenoxy) is 2. The van der Waals surface area contributed by atoms with Gasteiger partial charge in [-0.3, -0.25) is 0 Å². The fourth-order valence-electron chi connectivity index (χ4n) is 4.04. The highest BCUT2D eigenvalue weighted by atomic mass is 19.4. The standard InChI is InChI=1S/C27H15F11O2/c1-2-3-14-6-13-5-4-12(7-17(13)24(33)23(14)32)15-8-18(28)22(19(29)9-15)26(34,35)39-16-10-20(30)25(21(31)11-16)40-27(36,37)38/h4-11H,2-3H2,1H3. The molecule has 0 spiro atoms. The molecule has 0 N–H and O–H groups in total. The molecule has 0 aromatic heterocycles. The van der Waals surface area contributed by atoms with Crippen molar-refractivity contribution in [1.82, 2.24) is 0 Å². The Morgan fingerprint density at radius 1 is 0.650 bits per heavy atom. The summed E-state index contributed by atoms with van der Waals surface area (Å²) < 4.78 is 160. The molecule has 0 atom stereocenters. The average molecular weight is 580 g/mol. The number of rotatable bonds is 7. The predicted molar refractivity (Wildman–Crippen MR) is 121 cm³/mol. The number of hydrogen-bond acceptors (Lipinski definition) is 2. The van der Waals surface area contributed by atoms with Gasteiger partial charge in [0.25, 0.3) is 0 Å². The molecule has 2 nitrogen and oxygen atoms in total. The molecule has 0 saturated heterocycles. The second kappa shape index (κ2) is 10.5. The molecule has 13 heteroatoms. The Kier molecular flexibility index (Phi) is 7.61. The lowest BCUT2D eigenvalue weighted by atomic mass is 9.97. The van der Waals surface area contributed by atoms with E-state index in [1.165, 1.54) is 18.2 Å². The minimum Gasteiger partial charge on any atom is -0.429 e. The van der Waals surface area contributed by atoms with E-state index in [0.29, 0.717) is 18.6 Å². The summed E-state index contributed by atoms with van der Waals surface area (Å²) in [7, 11) is 0. The van der Waals surface area contributed by atoms with Crippen LogP contribution in [0.1, 0.15) is 24.5 Å². The molecule has 0 aliphatic rings. The molecule has 4 rings (SSSR count). The van der Waals surface area contributed by atoms with Crippen LogP contribution >= 0.6 is 0 Å². The maximum absolute atomic E-state index is 14.8. The summed E-state index contributed by atoms with van der Waals surface area (Å²) >= 11 is 0. The average Bonchev–Trinajstić information content (AvgIpc) is 2.83. The van der Waals surface area contributed by atoms with Crippen LogP contribution in [0, 0.1) is 34.9 Å². The molecule has 0 saturated carbocycles. The molecule has 0 bridgehead atoms. The van der Waals surface area contributed by atoms with Crippen LogP contribution in [0.2, 0.25) is 0 Å². The van der Waals surface area contributed by atoms with Gasteiger partial charge in [-0.2, -0.15) is 8.78 Å². The van der Waals surface area contributed by atoms with E-state index in [-0.39, 0.29) is 46.0 Å². The molecule has 0 unspecified atom stereocenters. The van der Waals surface area contributed by atoms with E-state index in [1.807, 2.05) is 0 Å². The highest BCUT2D eigenvalue weighted by molar-refractivity contribution is 5.88. The zero-order valence-corrected chi connectivity index (χ0v) is 20.0. The molecule has 0 aliphatic heterocycles. The van der Waals surface area contributed by atoms with E-state index >= 15 is 0 Å². The topological polar surface area (TPSA) is 18.5 Å². The van der Waals surface area contributed by atoms with E-state index in [1.54, 1.807) is 6.92 Å². The van der Waals surface area contributed by atoms with Gasteiger partial charge in [0.05, 0.1) is 0 Å². The zero-order valence-electron chi connectivity index (χ0n) is 20.0. The highest BCUT2D eigenvalue weighted by Crippen LogP contribution is 2.40. The summed E-state index contributed by atoms with van der Waals surface area (Å²) in [5, 5.41) is 0.0603. The third-order valence-corrected chi connectivity index (χ3v) is 5.72. The fourth-order valence-corrected chi connectivity index (χ4v) is 4.04. The summed E-state index contributed by atoms with van der Waals surface area (Å²) in [5.74, 6) is -13.6. The predicted octanol–water partition coefficient (Wildman–Crippen LogP) is 9.32. The van der Waals surface area contributed by atoms with Gasteiger partial charge >= 0.3 is 12.5 Å². The van der Waals surface area contributed by atoms with Gasteiger partial charge in [0.1, 0.15) is 22.9 Å². The molecular formula is C27H15F11O2. The van der Waals surface area contributed by atoms with Crippen LogP contribution < -0.4 is 9.47 Å². The van der Waals surface area contributed by atoms with Gasteiger partial charge in [0, 0.05) is 17.5 Å². The first kappa shape index (κ1) is 29.0. The highest BCUT2D eigenvalue weighted by Gasteiger charge is 2.42. The maximum Gasteiger partial charge on any atom is 0.573 e. The number of benzene rings is 4. The molecule has 0 heterocycles. The summed E-state index contributed by atoms with van der Waals surface area (Å²) in [6.45, 7) is 1.77. The Labute approximate surface area is 218 Å². The van der Waals surface area contributed by atoms with Gasteiger partial charge in [-0.1, -0.05) is 25.5 Å². The van der Waals surface area contributed by atoms with E-state index in [4.69, 9.17) is 0 Å². The van der Waals surface area contributed by atoms with Crippen LogP contribution in [0.5, 0.6) is 11.5 Å². The SMILES string of the molecule is CCCc1cc2ccc(-c3cc(F)c(C(F)(F)Oc4cc(F)c(OC(F)(F)F)c(F)c4)c(F)c3)cc2c(F)c1F. The van der Waals surface area contributed by atoms with Crippen LogP contribution in [0.3, 0.4) is 0 Å². The van der Waals surface area contributed by atoms with Crippen molar-refractivity contribution in [3.63, 3.8) is 0 Å². The van der Waals surface area contributed by atoms with E-state index in [9.17, 15) is 48.3 Å². The van der Waals surface area contributed by atoms with Gasteiger partial charge in [0.15, 0.2) is 23.3 Å². The molecule has 212 valence electrons. The number of fused-ring (bicyclic) bond motifs is 1. The molecular weight excluding hydrogens is 565 g/mol. The lowest BCUT2D eigenvalue weighted by Crippen LogP contribution is -2.25. The number of aryl methyl sites for hydroxylation is 1. The summed E-state index contributed by atoms with van der Waals surface area (Å²) in [6.07, 6.45) is -9.61. The largest absolute Gasteiger partial charge is 0.573 e. The van der Waals surface area contributed by atoms with Crippen LogP contribution in [0.4, 0.5) is 48.3 Å². The lowest BCUT2D eigenvalue weighted by Gasteiger charge is -2.20. The first-order valence-electron chi connectivity index (χ1n) is 11.3. The Morgan fingerprint density at radius 2 is 1.25 bits per heavy atom. The second-order valence-corrected chi connectivity index (χ2v) is 8.55. The maximum atomic E-state index is 14.8. The quantitative estimate of drug-likeness (QED) is 0.203.